The van der Waals surface area contributed by atoms with Gasteiger partial charge in [-0.05, 0) is 36.4 Å². The number of hydrogen-bond acceptors (Lipinski definition) is 4. The zero-order chi connectivity index (χ0) is 15.6. The van der Waals surface area contributed by atoms with Crippen LogP contribution in [0.15, 0.2) is 47.4 Å². The number of carbonyl (C=O) groups is 1. The molecule has 0 heterocycles. The molecule has 0 spiro atoms. The molecule has 0 atom stereocenters. The molecule has 2 aromatic carbocycles. The summed E-state index contributed by atoms with van der Waals surface area (Å²) in [6.07, 6.45) is 0. The highest BCUT2D eigenvalue weighted by Crippen LogP contribution is 2.23. The summed E-state index contributed by atoms with van der Waals surface area (Å²) < 4.78 is 39.5. The molecule has 4 N–H and O–H groups in total. The number of carbonyl (C=O) groups excluding carboxylic acids is 1. The summed E-state index contributed by atoms with van der Waals surface area (Å²) >= 11 is 0. The average molecular weight is 310 g/mol. The van der Waals surface area contributed by atoms with E-state index in [-0.39, 0.29) is 16.1 Å². The molecule has 0 radical (unpaired) electrons. The second-order valence-corrected chi connectivity index (χ2v) is 5.84. The van der Waals surface area contributed by atoms with Gasteiger partial charge in [-0.25, -0.2) is 12.8 Å². The van der Waals surface area contributed by atoms with Gasteiger partial charge in [-0.3, -0.25) is 9.52 Å². The van der Waals surface area contributed by atoms with Gasteiger partial charge in [0.25, 0.3) is 15.9 Å². The lowest BCUT2D eigenvalue weighted by Gasteiger charge is -2.09. The van der Waals surface area contributed by atoms with Crippen molar-refractivity contribution in [1.82, 2.24) is 0 Å². The Morgan fingerprint density at radius 2 is 1.90 bits per heavy atom. The molecule has 2 rings (SSSR count). The lowest BCUT2D eigenvalue weighted by molar-refractivity contribution is 0.0997. The van der Waals surface area contributed by atoms with Gasteiger partial charge in [0.15, 0.2) is 0 Å². The Morgan fingerprint density at radius 1 is 1.19 bits per heavy atom. The van der Waals surface area contributed by atoms with Crippen LogP contribution in [0.2, 0.25) is 0 Å². The standard InChI is InChI=1S/C13H11FN2O4S/c14-8-2-1-3-9(6-8)16-21(19,20)10-4-5-12(17)11(7-10)13(15)18/h1-7,16-17H,(H2,15,18). The summed E-state index contributed by atoms with van der Waals surface area (Å²) in [5, 5.41) is 9.43. The molecule has 8 heteroatoms. The summed E-state index contributed by atoms with van der Waals surface area (Å²) in [6, 6.07) is 7.98. The van der Waals surface area contributed by atoms with Crippen LogP contribution in [-0.2, 0) is 10.0 Å². The molecular formula is C13H11FN2O4S. The third kappa shape index (κ3) is 3.29. The first-order chi connectivity index (χ1) is 9.79. The summed E-state index contributed by atoms with van der Waals surface area (Å²) in [5.41, 5.74) is 4.74. The zero-order valence-corrected chi connectivity index (χ0v) is 11.4. The Morgan fingerprint density at radius 3 is 2.52 bits per heavy atom. The molecule has 0 bridgehead atoms. The van der Waals surface area contributed by atoms with Crippen LogP contribution in [0.4, 0.5) is 10.1 Å². The first kappa shape index (κ1) is 14.8. The number of primary amides is 1. The summed E-state index contributed by atoms with van der Waals surface area (Å²) in [4.78, 5) is 10.8. The largest absolute Gasteiger partial charge is 0.507 e. The smallest absolute Gasteiger partial charge is 0.261 e. The van der Waals surface area contributed by atoms with E-state index >= 15 is 0 Å². The van der Waals surface area contributed by atoms with Crippen molar-refractivity contribution in [3.05, 3.63) is 53.8 Å². The van der Waals surface area contributed by atoms with E-state index in [2.05, 4.69) is 4.72 Å². The van der Waals surface area contributed by atoms with Gasteiger partial charge in [0.2, 0.25) is 0 Å². The minimum absolute atomic E-state index is 0.0312. The number of sulfonamides is 1. The Bertz CT molecular complexity index is 806. The number of rotatable bonds is 4. The highest BCUT2D eigenvalue weighted by molar-refractivity contribution is 7.92. The molecule has 0 saturated heterocycles. The number of benzene rings is 2. The van der Waals surface area contributed by atoms with Crippen molar-refractivity contribution < 1.29 is 22.7 Å². The van der Waals surface area contributed by atoms with Crippen LogP contribution in [0.5, 0.6) is 5.75 Å². The SMILES string of the molecule is NC(=O)c1cc(S(=O)(=O)Nc2cccc(F)c2)ccc1O. The molecule has 0 fully saturated rings. The maximum atomic E-state index is 13.0. The number of anilines is 1. The predicted molar refractivity (Wildman–Crippen MR) is 73.8 cm³/mol. The van der Waals surface area contributed by atoms with E-state index in [1.807, 2.05) is 0 Å². The van der Waals surface area contributed by atoms with Crippen molar-refractivity contribution in [2.45, 2.75) is 4.90 Å². The van der Waals surface area contributed by atoms with Crippen molar-refractivity contribution in [2.75, 3.05) is 4.72 Å². The molecule has 0 unspecified atom stereocenters. The molecule has 1 amide bonds. The number of nitrogens with two attached hydrogens (primary N) is 1. The Labute approximate surface area is 120 Å². The van der Waals surface area contributed by atoms with Crippen molar-refractivity contribution in [3.8, 4) is 5.75 Å². The number of amides is 1. The van der Waals surface area contributed by atoms with Crippen LogP contribution < -0.4 is 10.5 Å². The van der Waals surface area contributed by atoms with Crippen molar-refractivity contribution in [3.63, 3.8) is 0 Å². The van der Waals surface area contributed by atoms with Crippen molar-refractivity contribution in [2.24, 2.45) is 5.73 Å². The van der Waals surface area contributed by atoms with Crippen LogP contribution in [0.25, 0.3) is 0 Å². The number of halogens is 1. The molecule has 0 aromatic heterocycles. The minimum atomic E-state index is -4.04. The lowest BCUT2D eigenvalue weighted by atomic mass is 10.2. The first-order valence-corrected chi connectivity index (χ1v) is 7.19. The number of hydrogen-bond donors (Lipinski definition) is 3. The van der Waals surface area contributed by atoms with E-state index < -0.39 is 27.5 Å². The quantitative estimate of drug-likeness (QED) is 0.793. The molecule has 0 aliphatic carbocycles. The highest BCUT2D eigenvalue weighted by Gasteiger charge is 2.18. The number of phenols is 1. The number of aromatic hydroxyl groups is 1. The lowest BCUT2D eigenvalue weighted by Crippen LogP contribution is -2.16. The molecule has 2 aromatic rings. The van der Waals surface area contributed by atoms with Crippen LogP contribution in [0.3, 0.4) is 0 Å². The van der Waals surface area contributed by atoms with Crippen LogP contribution in [0.1, 0.15) is 10.4 Å². The van der Waals surface area contributed by atoms with Gasteiger partial charge in [-0.1, -0.05) is 6.07 Å². The predicted octanol–water partition coefficient (Wildman–Crippen LogP) is 1.43. The van der Waals surface area contributed by atoms with E-state index in [1.54, 1.807) is 0 Å². The first-order valence-electron chi connectivity index (χ1n) is 5.71. The minimum Gasteiger partial charge on any atom is -0.507 e. The maximum Gasteiger partial charge on any atom is 0.261 e. The Hall–Kier alpha value is -2.61. The Balaban J connectivity index is 2.40. The molecule has 0 saturated carbocycles. The molecule has 0 aliphatic heterocycles. The van der Waals surface area contributed by atoms with Crippen LogP contribution in [-0.4, -0.2) is 19.4 Å². The summed E-state index contributed by atoms with van der Waals surface area (Å²) in [6.45, 7) is 0. The highest BCUT2D eigenvalue weighted by atomic mass is 32.2. The Kier molecular flexibility index (Phi) is 3.81. The van der Waals surface area contributed by atoms with Gasteiger partial charge in [0.1, 0.15) is 11.6 Å². The van der Waals surface area contributed by atoms with E-state index in [9.17, 15) is 22.7 Å². The van der Waals surface area contributed by atoms with Gasteiger partial charge >= 0.3 is 0 Å². The average Bonchev–Trinajstić information content (AvgIpc) is 2.38. The molecular weight excluding hydrogens is 299 g/mol. The normalized spacial score (nSPS) is 11.1. The van der Waals surface area contributed by atoms with Crippen molar-refractivity contribution in [1.29, 1.82) is 0 Å². The molecule has 21 heavy (non-hydrogen) atoms. The van der Waals surface area contributed by atoms with E-state index in [1.165, 1.54) is 18.2 Å². The van der Waals surface area contributed by atoms with Crippen LogP contribution in [0, 0.1) is 5.82 Å². The van der Waals surface area contributed by atoms with Gasteiger partial charge in [0, 0.05) is 0 Å². The topological polar surface area (TPSA) is 109 Å². The van der Waals surface area contributed by atoms with Gasteiger partial charge in [0.05, 0.1) is 16.1 Å². The molecule has 0 aliphatic rings. The second kappa shape index (κ2) is 5.41. The molecule has 110 valence electrons. The fourth-order valence-corrected chi connectivity index (χ4v) is 2.72. The van der Waals surface area contributed by atoms with E-state index in [4.69, 9.17) is 5.73 Å². The number of nitrogens with one attached hydrogen (secondary N) is 1. The van der Waals surface area contributed by atoms with Crippen molar-refractivity contribution >= 4 is 21.6 Å². The summed E-state index contributed by atoms with van der Waals surface area (Å²) in [5.74, 6) is -1.98. The third-order valence-corrected chi connectivity index (χ3v) is 4.00. The van der Waals surface area contributed by atoms with E-state index in [0.29, 0.717) is 0 Å². The van der Waals surface area contributed by atoms with Gasteiger partial charge in [-0.15, -0.1) is 0 Å². The van der Waals surface area contributed by atoms with Crippen LogP contribution >= 0.6 is 0 Å². The maximum absolute atomic E-state index is 13.0. The van der Waals surface area contributed by atoms with E-state index in [0.717, 1.165) is 24.3 Å². The molecule has 6 nitrogen and oxygen atoms in total. The third-order valence-electron chi connectivity index (χ3n) is 2.62. The van der Waals surface area contributed by atoms with Gasteiger partial charge in [-0.2, -0.15) is 0 Å². The fraction of sp³-hybridized carbons (Fsp3) is 0. The second-order valence-electron chi connectivity index (χ2n) is 4.16. The monoisotopic (exact) mass is 310 g/mol. The fourth-order valence-electron chi connectivity index (χ4n) is 1.65. The van der Waals surface area contributed by atoms with Gasteiger partial charge < -0.3 is 10.8 Å². The zero-order valence-electron chi connectivity index (χ0n) is 10.6. The summed E-state index contributed by atoms with van der Waals surface area (Å²) in [7, 11) is -4.04.